The molecule has 1 amide bonds. The first-order chi connectivity index (χ1) is 8.77. The zero-order chi connectivity index (χ0) is 12.8. The van der Waals surface area contributed by atoms with Crippen molar-refractivity contribution in [2.24, 2.45) is 5.41 Å². The molecule has 18 heavy (non-hydrogen) atoms. The molecule has 1 fully saturated rings. The molecule has 1 aromatic carbocycles. The van der Waals surface area contributed by atoms with Crippen molar-refractivity contribution < 1.29 is 4.79 Å². The second kappa shape index (κ2) is 5.67. The molecule has 94 valence electrons. The molecule has 0 aliphatic carbocycles. The van der Waals surface area contributed by atoms with Crippen LogP contribution in [0.15, 0.2) is 49.1 Å². The third-order valence-electron chi connectivity index (χ3n) is 3.46. The Labute approximate surface area is 108 Å². The second-order valence-corrected chi connectivity index (χ2v) is 4.70. The van der Waals surface area contributed by atoms with Gasteiger partial charge < -0.3 is 5.32 Å². The maximum Gasteiger partial charge on any atom is 0.233 e. The zero-order valence-corrected chi connectivity index (χ0v) is 10.6. The van der Waals surface area contributed by atoms with Crippen molar-refractivity contribution in [1.82, 2.24) is 5.32 Å². The Morgan fingerprint density at radius 2 is 2.00 bits per heavy atom. The highest BCUT2D eigenvalue weighted by Gasteiger charge is 2.33. The predicted molar refractivity (Wildman–Crippen MR) is 75.0 cm³/mol. The fourth-order valence-corrected chi connectivity index (χ4v) is 2.25. The lowest BCUT2D eigenvalue weighted by Crippen LogP contribution is -2.36. The van der Waals surface area contributed by atoms with E-state index in [0.29, 0.717) is 0 Å². The van der Waals surface area contributed by atoms with Gasteiger partial charge >= 0.3 is 0 Å². The van der Waals surface area contributed by atoms with E-state index in [1.807, 2.05) is 42.5 Å². The van der Waals surface area contributed by atoms with Crippen LogP contribution in [-0.4, -0.2) is 12.5 Å². The Hall–Kier alpha value is -1.83. The van der Waals surface area contributed by atoms with Crippen LogP contribution in [0.25, 0.3) is 6.08 Å². The first-order valence-corrected chi connectivity index (χ1v) is 6.43. The molecule has 1 unspecified atom stereocenters. The van der Waals surface area contributed by atoms with Crippen LogP contribution in [0.3, 0.4) is 0 Å². The zero-order valence-electron chi connectivity index (χ0n) is 10.6. The first kappa shape index (κ1) is 12.6. The number of benzene rings is 1. The predicted octanol–water partition coefficient (Wildman–Crippen LogP) is 3.17. The van der Waals surface area contributed by atoms with Crippen LogP contribution in [-0.2, 0) is 4.79 Å². The summed E-state index contributed by atoms with van der Waals surface area (Å²) in [6.07, 6.45) is 8.69. The molecule has 1 aliphatic heterocycles. The van der Waals surface area contributed by atoms with E-state index in [-0.39, 0.29) is 5.91 Å². The molecule has 1 N–H and O–H groups in total. The molecule has 2 nitrogen and oxygen atoms in total. The Kier molecular flexibility index (Phi) is 3.98. The third-order valence-corrected chi connectivity index (χ3v) is 3.46. The smallest absolute Gasteiger partial charge is 0.233 e. The number of carbonyl (C=O) groups excluding carboxylic acids is 1. The van der Waals surface area contributed by atoms with E-state index in [9.17, 15) is 4.79 Å². The van der Waals surface area contributed by atoms with Crippen LogP contribution in [0.5, 0.6) is 0 Å². The van der Waals surface area contributed by atoms with Gasteiger partial charge in [0.1, 0.15) is 0 Å². The number of hydrogen-bond acceptors (Lipinski definition) is 1. The molecule has 1 heterocycles. The van der Waals surface area contributed by atoms with Crippen LogP contribution in [0.4, 0.5) is 0 Å². The minimum atomic E-state index is -0.549. The summed E-state index contributed by atoms with van der Waals surface area (Å²) in [6, 6.07) is 10.0. The number of carbonyl (C=O) groups is 1. The van der Waals surface area contributed by atoms with Gasteiger partial charge in [-0.3, -0.25) is 4.79 Å². The van der Waals surface area contributed by atoms with Gasteiger partial charge in [-0.1, -0.05) is 48.6 Å². The highest BCUT2D eigenvalue weighted by atomic mass is 16.2. The lowest BCUT2D eigenvalue weighted by atomic mass is 9.82. The normalized spacial score (nSPS) is 24.6. The maximum atomic E-state index is 12.2. The second-order valence-electron chi connectivity index (χ2n) is 4.70. The summed E-state index contributed by atoms with van der Waals surface area (Å²) < 4.78 is 0. The molecule has 1 aromatic rings. The Morgan fingerprint density at radius 1 is 1.22 bits per heavy atom. The highest BCUT2D eigenvalue weighted by molar-refractivity contribution is 5.87. The summed E-state index contributed by atoms with van der Waals surface area (Å²) in [5.74, 6) is 0.0715. The van der Waals surface area contributed by atoms with Crippen molar-refractivity contribution in [3.63, 3.8) is 0 Å². The molecule has 2 heteroatoms. The van der Waals surface area contributed by atoms with Gasteiger partial charge in [0.2, 0.25) is 5.91 Å². The van der Waals surface area contributed by atoms with Gasteiger partial charge in [-0.15, -0.1) is 6.58 Å². The fraction of sp³-hybridized carbons (Fsp3) is 0.312. The average molecular weight is 241 g/mol. The molecule has 0 spiro atoms. The summed E-state index contributed by atoms with van der Waals surface area (Å²) in [5.41, 5.74) is 0.558. The fourth-order valence-electron chi connectivity index (χ4n) is 2.25. The molecule has 0 saturated carbocycles. The third kappa shape index (κ3) is 2.70. The van der Waals surface area contributed by atoms with E-state index >= 15 is 0 Å². The molecule has 2 rings (SSSR count). The summed E-state index contributed by atoms with van der Waals surface area (Å²) in [7, 11) is 0. The minimum absolute atomic E-state index is 0.0715. The SMILES string of the molecule is C=CC1(C=Cc2ccccc2)CCCCNC1=O. The molecular formula is C16H19NO. The first-order valence-electron chi connectivity index (χ1n) is 6.43. The van der Waals surface area contributed by atoms with Crippen LogP contribution in [0.2, 0.25) is 0 Å². The Balaban J connectivity index is 2.24. The van der Waals surface area contributed by atoms with E-state index in [2.05, 4.69) is 11.9 Å². The van der Waals surface area contributed by atoms with E-state index in [0.717, 1.165) is 31.4 Å². The van der Waals surface area contributed by atoms with Crippen LogP contribution in [0, 0.1) is 5.41 Å². The van der Waals surface area contributed by atoms with Crippen molar-refractivity contribution >= 4 is 12.0 Å². The van der Waals surface area contributed by atoms with Crippen molar-refractivity contribution in [2.75, 3.05) is 6.54 Å². The van der Waals surface area contributed by atoms with Gasteiger partial charge in [0.05, 0.1) is 5.41 Å². The Morgan fingerprint density at radius 3 is 2.72 bits per heavy atom. The van der Waals surface area contributed by atoms with Crippen LogP contribution < -0.4 is 5.32 Å². The molecule has 0 aromatic heterocycles. The minimum Gasteiger partial charge on any atom is -0.355 e. The van der Waals surface area contributed by atoms with E-state index in [4.69, 9.17) is 0 Å². The van der Waals surface area contributed by atoms with Crippen molar-refractivity contribution in [1.29, 1.82) is 0 Å². The van der Waals surface area contributed by atoms with Gasteiger partial charge in [-0.25, -0.2) is 0 Å². The largest absolute Gasteiger partial charge is 0.355 e. The standard InChI is InChI=1S/C16H19NO/c1-2-16(11-6-7-13-17-15(16)18)12-10-14-8-4-3-5-9-14/h2-5,8-10,12H,1,6-7,11,13H2,(H,17,18). The molecular weight excluding hydrogens is 222 g/mol. The van der Waals surface area contributed by atoms with Gasteiger partial charge in [-0.05, 0) is 24.8 Å². The van der Waals surface area contributed by atoms with Gasteiger partial charge in [-0.2, -0.15) is 0 Å². The lowest BCUT2D eigenvalue weighted by molar-refractivity contribution is -0.126. The molecule has 0 radical (unpaired) electrons. The summed E-state index contributed by atoms with van der Waals surface area (Å²) >= 11 is 0. The van der Waals surface area contributed by atoms with E-state index in [1.165, 1.54) is 0 Å². The van der Waals surface area contributed by atoms with Gasteiger partial charge in [0, 0.05) is 6.54 Å². The monoisotopic (exact) mass is 241 g/mol. The number of nitrogens with one attached hydrogen (secondary N) is 1. The Bertz CT molecular complexity index is 449. The lowest BCUT2D eigenvalue weighted by Gasteiger charge is -2.23. The summed E-state index contributed by atoms with van der Waals surface area (Å²) in [4.78, 5) is 12.2. The summed E-state index contributed by atoms with van der Waals surface area (Å²) in [5, 5.41) is 2.96. The molecule has 1 atom stereocenters. The van der Waals surface area contributed by atoms with Crippen LogP contribution >= 0.6 is 0 Å². The average Bonchev–Trinajstić information content (AvgIpc) is 2.60. The van der Waals surface area contributed by atoms with Crippen molar-refractivity contribution in [2.45, 2.75) is 19.3 Å². The van der Waals surface area contributed by atoms with Crippen LogP contribution in [0.1, 0.15) is 24.8 Å². The summed E-state index contributed by atoms with van der Waals surface area (Å²) in [6.45, 7) is 4.62. The number of hydrogen-bond donors (Lipinski definition) is 1. The number of rotatable bonds is 3. The number of amides is 1. The quantitative estimate of drug-likeness (QED) is 0.809. The van der Waals surface area contributed by atoms with Crippen molar-refractivity contribution in [3.05, 3.63) is 54.6 Å². The maximum absolute atomic E-state index is 12.2. The van der Waals surface area contributed by atoms with E-state index in [1.54, 1.807) is 6.08 Å². The van der Waals surface area contributed by atoms with E-state index < -0.39 is 5.41 Å². The molecule has 1 aliphatic rings. The molecule has 0 bridgehead atoms. The van der Waals surface area contributed by atoms with Gasteiger partial charge in [0.15, 0.2) is 0 Å². The highest BCUT2D eigenvalue weighted by Crippen LogP contribution is 2.31. The molecule has 1 saturated heterocycles. The van der Waals surface area contributed by atoms with Crippen molar-refractivity contribution in [3.8, 4) is 0 Å². The van der Waals surface area contributed by atoms with Gasteiger partial charge in [0.25, 0.3) is 0 Å². The topological polar surface area (TPSA) is 29.1 Å².